The molecule has 0 saturated carbocycles. The molecule has 5 nitrogen and oxygen atoms in total. The molecule has 1 N–H and O–H groups in total. The third kappa shape index (κ3) is 11.5. The van der Waals surface area contributed by atoms with Crippen molar-refractivity contribution < 1.29 is 4.74 Å². The molecule has 1 heterocycles. The molecule has 0 saturated heterocycles. The van der Waals surface area contributed by atoms with E-state index in [0.29, 0.717) is 18.3 Å². The van der Waals surface area contributed by atoms with E-state index >= 15 is 0 Å². The molecular weight excluding hydrogens is 391 g/mol. The van der Waals surface area contributed by atoms with E-state index in [1.54, 1.807) is 4.68 Å². The predicted molar refractivity (Wildman–Crippen MR) is 129 cm³/mol. The molecule has 2 aromatic carbocycles. The molecule has 2 unspecified atom stereocenters. The van der Waals surface area contributed by atoms with Gasteiger partial charge in [-0.2, -0.15) is 0 Å². The predicted octanol–water partition coefficient (Wildman–Crippen LogP) is 5.39. The van der Waals surface area contributed by atoms with Crippen LogP contribution in [0.2, 0.25) is 0 Å². The number of para-hydroxylation sites is 1. The zero-order valence-electron chi connectivity index (χ0n) is 18.5. The van der Waals surface area contributed by atoms with Crippen LogP contribution in [0.4, 0.5) is 0 Å². The summed E-state index contributed by atoms with van der Waals surface area (Å²) in [5.74, 6) is 1.88. The molecule has 1 aromatic heterocycles. The van der Waals surface area contributed by atoms with Gasteiger partial charge in [-0.05, 0) is 30.2 Å². The minimum atomic E-state index is 0.390. The van der Waals surface area contributed by atoms with Gasteiger partial charge >= 0.3 is 0 Å². The smallest absolute Gasteiger partial charge is 0.134 e. The van der Waals surface area contributed by atoms with Crippen molar-refractivity contribution in [1.82, 2.24) is 20.3 Å². The SMILES string of the molecule is C=CC(C)C.CCNC(P)c1ccccc1.Cn1cc(COc2ccccc2)nn1. The molecule has 0 bridgehead atoms. The lowest BCUT2D eigenvalue weighted by atomic mass is 10.2. The fraction of sp³-hybridized carbons (Fsp3) is 0.333. The van der Waals surface area contributed by atoms with Crippen molar-refractivity contribution >= 4 is 9.24 Å². The Labute approximate surface area is 183 Å². The molecular formula is C24H35N4OP. The zero-order chi connectivity index (χ0) is 22.2. The van der Waals surface area contributed by atoms with Gasteiger partial charge in [-0.25, -0.2) is 0 Å². The Balaban J connectivity index is 0.000000251. The van der Waals surface area contributed by atoms with Crippen molar-refractivity contribution in [2.24, 2.45) is 13.0 Å². The first kappa shape index (κ1) is 25.5. The zero-order valence-corrected chi connectivity index (χ0v) is 19.7. The fourth-order valence-corrected chi connectivity index (χ4v) is 2.59. The normalized spacial score (nSPS) is 10.9. The van der Waals surface area contributed by atoms with Gasteiger partial charge < -0.3 is 10.1 Å². The van der Waals surface area contributed by atoms with E-state index in [9.17, 15) is 0 Å². The van der Waals surface area contributed by atoms with Crippen LogP contribution in [0.1, 0.15) is 37.8 Å². The van der Waals surface area contributed by atoms with Gasteiger partial charge in [0.1, 0.15) is 18.1 Å². The van der Waals surface area contributed by atoms with E-state index in [1.165, 1.54) is 5.56 Å². The lowest BCUT2D eigenvalue weighted by Gasteiger charge is -2.11. The second-order valence-corrected chi connectivity index (χ2v) is 7.58. The summed E-state index contributed by atoms with van der Waals surface area (Å²) in [7, 11) is 4.61. The highest BCUT2D eigenvalue weighted by molar-refractivity contribution is 7.17. The first-order valence-electron chi connectivity index (χ1n) is 10.2. The molecule has 0 aliphatic rings. The van der Waals surface area contributed by atoms with Gasteiger partial charge in [0, 0.05) is 12.8 Å². The van der Waals surface area contributed by atoms with Gasteiger partial charge in [-0.15, -0.1) is 20.9 Å². The molecule has 3 rings (SSSR count). The monoisotopic (exact) mass is 426 g/mol. The maximum absolute atomic E-state index is 5.49. The van der Waals surface area contributed by atoms with Crippen molar-refractivity contribution in [2.75, 3.05) is 6.54 Å². The average molecular weight is 427 g/mol. The van der Waals surface area contributed by atoms with Crippen molar-refractivity contribution in [3.63, 3.8) is 0 Å². The second kappa shape index (κ2) is 15.4. The highest BCUT2D eigenvalue weighted by Crippen LogP contribution is 2.18. The van der Waals surface area contributed by atoms with Crippen molar-refractivity contribution in [3.05, 3.63) is 90.8 Å². The maximum atomic E-state index is 5.49. The summed E-state index contributed by atoms with van der Waals surface area (Å²) >= 11 is 0. The van der Waals surface area contributed by atoms with Crippen LogP contribution in [-0.2, 0) is 13.7 Å². The van der Waals surface area contributed by atoms with Crippen LogP contribution in [0.25, 0.3) is 0 Å². The van der Waals surface area contributed by atoms with Crippen LogP contribution in [0.15, 0.2) is 79.5 Å². The number of allylic oxidation sites excluding steroid dienone is 1. The number of hydrogen-bond donors (Lipinski definition) is 1. The standard InChI is InChI=1S/C10H11N3O.C9H14NP.C5H10/c1-13-7-9(11-12-13)8-14-10-5-3-2-4-6-10;1-2-10-9(11)8-6-4-3-5-7-8;1-4-5(2)3/h2-7H,8H2,1H3;3-7,9-10H,2,11H2,1H3;4-5H,1H2,2-3H3. The van der Waals surface area contributed by atoms with E-state index in [1.807, 2.05) is 55.7 Å². The number of benzene rings is 2. The third-order valence-electron chi connectivity index (χ3n) is 3.83. The first-order chi connectivity index (χ1) is 14.5. The van der Waals surface area contributed by atoms with Crippen LogP contribution in [0.5, 0.6) is 5.75 Å². The fourth-order valence-electron chi connectivity index (χ4n) is 2.13. The van der Waals surface area contributed by atoms with E-state index in [0.717, 1.165) is 18.0 Å². The Morgan fingerprint density at radius 1 is 1.10 bits per heavy atom. The lowest BCUT2D eigenvalue weighted by Crippen LogP contribution is -2.14. The molecule has 0 aliphatic heterocycles. The number of nitrogens with zero attached hydrogens (tertiary/aromatic N) is 3. The summed E-state index contributed by atoms with van der Waals surface area (Å²) in [5, 5.41) is 11.1. The number of hydrogen-bond acceptors (Lipinski definition) is 4. The van der Waals surface area contributed by atoms with Crippen LogP contribution in [0.3, 0.4) is 0 Å². The molecule has 0 amide bonds. The van der Waals surface area contributed by atoms with Gasteiger partial charge in [-0.1, -0.05) is 80.6 Å². The summed E-state index contributed by atoms with van der Waals surface area (Å²) in [6, 6.07) is 20.1. The van der Waals surface area contributed by atoms with E-state index in [-0.39, 0.29) is 0 Å². The summed E-state index contributed by atoms with van der Waals surface area (Å²) in [5.41, 5.74) is 2.15. The molecule has 0 fully saturated rings. The topological polar surface area (TPSA) is 52.0 Å². The Bertz CT molecular complexity index is 806. The Morgan fingerprint density at radius 2 is 1.67 bits per heavy atom. The van der Waals surface area contributed by atoms with Crippen molar-refractivity contribution in [3.8, 4) is 5.75 Å². The highest BCUT2D eigenvalue weighted by Gasteiger charge is 2.00. The third-order valence-corrected chi connectivity index (χ3v) is 4.45. The molecule has 0 spiro atoms. The molecule has 3 aromatic rings. The molecule has 30 heavy (non-hydrogen) atoms. The number of rotatable bonds is 7. The van der Waals surface area contributed by atoms with Crippen LogP contribution < -0.4 is 10.1 Å². The molecule has 6 heteroatoms. The van der Waals surface area contributed by atoms with E-state index in [4.69, 9.17) is 4.74 Å². The maximum Gasteiger partial charge on any atom is 0.134 e. The Hall–Kier alpha value is -2.49. The molecule has 2 atom stereocenters. The average Bonchev–Trinajstić information content (AvgIpc) is 3.20. The summed E-state index contributed by atoms with van der Waals surface area (Å²) in [4.78, 5) is 0. The van der Waals surface area contributed by atoms with Gasteiger partial charge in [0.05, 0.1) is 6.20 Å². The quantitative estimate of drug-likeness (QED) is 0.406. The molecule has 0 aliphatic carbocycles. The number of aromatic nitrogens is 3. The van der Waals surface area contributed by atoms with Gasteiger partial charge in [0.15, 0.2) is 0 Å². The summed E-state index contributed by atoms with van der Waals surface area (Å²) in [6.45, 7) is 11.3. The van der Waals surface area contributed by atoms with Gasteiger partial charge in [0.2, 0.25) is 0 Å². The molecule has 162 valence electrons. The number of aryl methyl sites for hydroxylation is 1. The summed E-state index contributed by atoms with van der Waals surface area (Å²) < 4.78 is 7.15. The van der Waals surface area contributed by atoms with Crippen molar-refractivity contribution in [2.45, 2.75) is 33.2 Å². The lowest BCUT2D eigenvalue weighted by molar-refractivity contribution is 0.301. The van der Waals surface area contributed by atoms with E-state index < -0.39 is 0 Å². The van der Waals surface area contributed by atoms with Gasteiger partial charge in [-0.3, -0.25) is 4.68 Å². The number of nitrogens with one attached hydrogen (secondary N) is 1. The van der Waals surface area contributed by atoms with E-state index in [2.05, 4.69) is 76.5 Å². The highest BCUT2D eigenvalue weighted by atomic mass is 31.0. The largest absolute Gasteiger partial charge is 0.487 e. The van der Waals surface area contributed by atoms with Gasteiger partial charge in [0.25, 0.3) is 0 Å². The Morgan fingerprint density at radius 3 is 2.13 bits per heavy atom. The second-order valence-electron chi connectivity index (χ2n) is 6.91. The first-order valence-corrected chi connectivity index (χ1v) is 10.8. The van der Waals surface area contributed by atoms with Crippen LogP contribution in [-0.4, -0.2) is 21.5 Å². The summed E-state index contributed by atoms with van der Waals surface area (Å²) in [6.07, 6.45) is 3.75. The van der Waals surface area contributed by atoms with Crippen LogP contribution in [0, 0.1) is 5.92 Å². The minimum absolute atomic E-state index is 0.390. The minimum Gasteiger partial charge on any atom is -0.487 e. The van der Waals surface area contributed by atoms with Crippen LogP contribution >= 0.6 is 9.24 Å². The Kier molecular flexibility index (Phi) is 13.1. The molecule has 0 radical (unpaired) electrons. The number of ether oxygens (including phenoxy) is 1. The van der Waals surface area contributed by atoms with Crippen molar-refractivity contribution in [1.29, 1.82) is 0 Å².